The topological polar surface area (TPSA) is 88.8 Å². The maximum Gasteiger partial charge on any atom is 0.126 e. The average Bonchev–Trinajstić information content (AvgIpc) is 3.07. The van der Waals surface area contributed by atoms with E-state index in [4.69, 9.17) is 15.2 Å². The lowest BCUT2D eigenvalue weighted by Gasteiger charge is -2.33. The molecule has 0 bridgehead atoms. The van der Waals surface area contributed by atoms with Gasteiger partial charge in [0.05, 0.1) is 24.1 Å². The Hall–Kier alpha value is -2.54. The lowest BCUT2D eigenvalue weighted by Crippen LogP contribution is -2.38. The molecule has 27 heavy (non-hydrogen) atoms. The molecule has 1 aromatic heterocycles. The summed E-state index contributed by atoms with van der Waals surface area (Å²) in [5.74, 6) is 1.72. The smallest absolute Gasteiger partial charge is 0.126 e. The van der Waals surface area contributed by atoms with Crippen LogP contribution in [0.15, 0.2) is 35.1 Å². The molecule has 0 saturated carbocycles. The van der Waals surface area contributed by atoms with Crippen molar-refractivity contribution in [3.05, 3.63) is 35.8 Å². The summed E-state index contributed by atoms with van der Waals surface area (Å²) < 4.78 is 11.3. The van der Waals surface area contributed by atoms with E-state index in [1.807, 2.05) is 32.0 Å². The number of H-pyrrole nitrogens is 1. The number of allylic oxidation sites excluding steroid dienone is 1. The van der Waals surface area contributed by atoms with Crippen molar-refractivity contribution >= 4 is 17.2 Å². The Kier molecular flexibility index (Phi) is 6.34. The predicted octanol–water partition coefficient (Wildman–Crippen LogP) is 2.83. The van der Waals surface area contributed by atoms with Gasteiger partial charge in [-0.05, 0) is 51.0 Å². The van der Waals surface area contributed by atoms with Gasteiger partial charge < -0.3 is 20.1 Å². The maximum atomic E-state index is 5.81. The van der Waals surface area contributed by atoms with Crippen LogP contribution in [0.1, 0.15) is 32.4 Å². The Morgan fingerprint density at radius 2 is 2.33 bits per heavy atom. The van der Waals surface area contributed by atoms with Gasteiger partial charge in [0.1, 0.15) is 11.6 Å². The number of piperidine rings is 1. The van der Waals surface area contributed by atoms with Crippen molar-refractivity contribution in [1.29, 1.82) is 0 Å². The van der Waals surface area contributed by atoms with Crippen LogP contribution in [0.3, 0.4) is 0 Å². The number of ether oxygens (including phenoxy) is 2. The zero-order valence-electron chi connectivity index (χ0n) is 16.3. The van der Waals surface area contributed by atoms with Crippen LogP contribution in [0.5, 0.6) is 5.75 Å². The fourth-order valence-corrected chi connectivity index (χ4v) is 3.42. The van der Waals surface area contributed by atoms with E-state index in [2.05, 4.69) is 26.2 Å². The number of nitrogens with one attached hydrogen (secondary N) is 1. The van der Waals surface area contributed by atoms with Crippen LogP contribution in [0.25, 0.3) is 10.9 Å². The van der Waals surface area contributed by atoms with Crippen LogP contribution >= 0.6 is 0 Å². The van der Waals surface area contributed by atoms with Crippen LogP contribution in [0, 0.1) is 0 Å². The number of nitrogens with zero attached hydrogens (tertiary/aromatic N) is 3. The molecule has 1 atom stereocenters. The third-order valence-corrected chi connectivity index (χ3v) is 4.71. The van der Waals surface area contributed by atoms with E-state index in [9.17, 15) is 0 Å². The molecule has 3 N–H and O–H groups in total. The minimum Gasteiger partial charge on any atom is -0.491 e. The quantitative estimate of drug-likeness (QED) is 0.577. The van der Waals surface area contributed by atoms with E-state index in [0.29, 0.717) is 6.42 Å². The van der Waals surface area contributed by atoms with Crippen LogP contribution in [-0.4, -0.2) is 53.8 Å². The van der Waals surface area contributed by atoms with E-state index >= 15 is 0 Å². The van der Waals surface area contributed by atoms with Gasteiger partial charge in [-0.3, -0.25) is 5.10 Å². The van der Waals surface area contributed by atoms with Gasteiger partial charge in [0.25, 0.3) is 0 Å². The molecule has 1 aromatic carbocycles. The van der Waals surface area contributed by atoms with E-state index in [-0.39, 0.29) is 12.2 Å². The maximum absolute atomic E-state index is 5.81. The van der Waals surface area contributed by atoms with E-state index in [1.54, 1.807) is 7.11 Å². The SMILES string of the molecule is CO[C@@H]1CCCN(C(=C/Cc2[nH]nc3ccc(OC(C)C)cc23)/N=C\N)C1. The largest absolute Gasteiger partial charge is 0.491 e. The van der Waals surface area contributed by atoms with Crippen LogP contribution in [-0.2, 0) is 11.2 Å². The third kappa shape index (κ3) is 4.80. The molecule has 7 heteroatoms. The van der Waals surface area contributed by atoms with Crippen molar-refractivity contribution in [3.63, 3.8) is 0 Å². The fraction of sp³-hybridized carbons (Fsp3) is 0.500. The molecule has 0 unspecified atom stereocenters. The standard InChI is InChI=1S/C20H29N5O2/c1-14(2)27-15-6-7-18-17(11-15)19(24-23-18)8-9-20(22-13-21)25-10-4-5-16(12-25)26-3/h6-7,9,11,13-14,16H,4-5,8,10,12H2,1-3H3,(H2,21,22)(H,23,24)/b20-9+/t16-/m1/s1. The van der Waals surface area contributed by atoms with Gasteiger partial charge in [0.2, 0.25) is 0 Å². The van der Waals surface area contributed by atoms with E-state index in [1.165, 1.54) is 6.34 Å². The number of hydrogen-bond acceptors (Lipinski definition) is 5. The second-order valence-electron chi connectivity index (χ2n) is 7.04. The summed E-state index contributed by atoms with van der Waals surface area (Å²) >= 11 is 0. The second-order valence-corrected chi connectivity index (χ2v) is 7.04. The highest BCUT2D eigenvalue weighted by Crippen LogP contribution is 2.24. The normalized spacial score (nSPS) is 18.7. The van der Waals surface area contributed by atoms with Gasteiger partial charge in [0, 0.05) is 37.7 Å². The van der Waals surface area contributed by atoms with Gasteiger partial charge >= 0.3 is 0 Å². The number of likely N-dealkylation sites (tertiary alicyclic amines) is 1. The van der Waals surface area contributed by atoms with Gasteiger partial charge in [-0.1, -0.05) is 0 Å². The first-order chi connectivity index (χ1) is 13.1. The van der Waals surface area contributed by atoms with Crippen molar-refractivity contribution < 1.29 is 9.47 Å². The summed E-state index contributed by atoms with van der Waals surface area (Å²) in [6.45, 7) is 5.83. The molecule has 1 aliphatic heterocycles. The zero-order chi connectivity index (χ0) is 19.2. The fourth-order valence-electron chi connectivity index (χ4n) is 3.42. The number of aromatic nitrogens is 2. The first-order valence-corrected chi connectivity index (χ1v) is 9.46. The lowest BCUT2D eigenvalue weighted by molar-refractivity contribution is 0.0429. The Balaban J connectivity index is 1.81. The lowest BCUT2D eigenvalue weighted by atomic mass is 10.1. The monoisotopic (exact) mass is 371 g/mol. The predicted molar refractivity (Wildman–Crippen MR) is 108 cm³/mol. The zero-order valence-corrected chi connectivity index (χ0v) is 16.3. The number of aliphatic imine (C=N–C) groups is 1. The minimum atomic E-state index is 0.135. The molecule has 3 rings (SSSR count). The van der Waals surface area contributed by atoms with E-state index < -0.39 is 0 Å². The molecule has 0 amide bonds. The molecule has 0 spiro atoms. The third-order valence-electron chi connectivity index (χ3n) is 4.71. The van der Waals surface area contributed by atoms with Crippen molar-refractivity contribution in [3.8, 4) is 5.75 Å². The number of benzene rings is 1. The molecule has 0 radical (unpaired) electrons. The average molecular weight is 371 g/mol. The van der Waals surface area contributed by atoms with Crippen LogP contribution in [0.4, 0.5) is 0 Å². The molecule has 2 heterocycles. The molecule has 146 valence electrons. The summed E-state index contributed by atoms with van der Waals surface area (Å²) in [4.78, 5) is 6.61. The molecule has 1 aliphatic rings. The van der Waals surface area contributed by atoms with Gasteiger partial charge in [-0.2, -0.15) is 5.10 Å². The van der Waals surface area contributed by atoms with Crippen LogP contribution < -0.4 is 10.5 Å². The number of hydrogen-bond donors (Lipinski definition) is 2. The summed E-state index contributed by atoms with van der Waals surface area (Å²) in [5.41, 5.74) is 7.54. The number of methoxy groups -OCH3 is 1. The van der Waals surface area contributed by atoms with Gasteiger partial charge in [0.15, 0.2) is 0 Å². The van der Waals surface area contributed by atoms with Gasteiger partial charge in [-0.25, -0.2) is 4.99 Å². The number of aromatic amines is 1. The number of rotatable bonds is 7. The highest BCUT2D eigenvalue weighted by atomic mass is 16.5. The molecule has 1 fully saturated rings. The molecule has 2 aromatic rings. The molecule has 0 aliphatic carbocycles. The minimum absolute atomic E-state index is 0.135. The molecule has 7 nitrogen and oxygen atoms in total. The summed E-state index contributed by atoms with van der Waals surface area (Å²) in [7, 11) is 1.76. The first kappa shape index (κ1) is 19.2. The second kappa shape index (κ2) is 8.90. The first-order valence-electron chi connectivity index (χ1n) is 9.46. The molecular formula is C20H29N5O2. The van der Waals surface area contributed by atoms with Crippen molar-refractivity contribution in [1.82, 2.24) is 15.1 Å². The Morgan fingerprint density at radius 3 is 3.07 bits per heavy atom. The van der Waals surface area contributed by atoms with Crippen molar-refractivity contribution in [2.24, 2.45) is 10.7 Å². The van der Waals surface area contributed by atoms with Crippen molar-refractivity contribution in [2.45, 2.75) is 45.3 Å². The van der Waals surface area contributed by atoms with Crippen LogP contribution in [0.2, 0.25) is 0 Å². The summed E-state index contributed by atoms with van der Waals surface area (Å²) in [6.07, 6.45) is 6.65. The number of nitrogens with two attached hydrogens (primary N) is 1. The highest BCUT2D eigenvalue weighted by molar-refractivity contribution is 5.83. The summed E-state index contributed by atoms with van der Waals surface area (Å²) in [6, 6.07) is 5.96. The van der Waals surface area contributed by atoms with E-state index in [0.717, 1.165) is 54.1 Å². The Labute approximate surface area is 160 Å². The van der Waals surface area contributed by atoms with Crippen molar-refractivity contribution in [2.75, 3.05) is 20.2 Å². The molecule has 1 saturated heterocycles. The summed E-state index contributed by atoms with van der Waals surface area (Å²) in [5, 5.41) is 8.60. The Morgan fingerprint density at radius 1 is 1.48 bits per heavy atom. The highest BCUT2D eigenvalue weighted by Gasteiger charge is 2.21. The molecular weight excluding hydrogens is 342 g/mol. The Bertz CT molecular complexity index is 812. The number of fused-ring (bicyclic) bond motifs is 1. The van der Waals surface area contributed by atoms with Gasteiger partial charge in [-0.15, -0.1) is 0 Å².